The van der Waals surface area contributed by atoms with Crippen LogP contribution in [0.4, 0.5) is 4.79 Å². The van der Waals surface area contributed by atoms with E-state index in [1.54, 1.807) is 6.20 Å². The monoisotopic (exact) mass is 606 g/mol. The molecule has 1 atom stereocenters. The summed E-state index contributed by atoms with van der Waals surface area (Å²) in [5.74, 6) is 0.821. The summed E-state index contributed by atoms with van der Waals surface area (Å²) in [4.78, 5) is 24.3. The Balaban J connectivity index is 1.46. The molecule has 220 valence electrons. The second-order valence-electron chi connectivity index (χ2n) is 13.3. The Bertz CT molecular complexity index is 1040. The highest BCUT2D eigenvalue weighted by molar-refractivity contribution is 9.10. The van der Waals surface area contributed by atoms with Gasteiger partial charge in [-0.3, -0.25) is 9.47 Å². The third kappa shape index (κ3) is 10.7. The van der Waals surface area contributed by atoms with Crippen molar-refractivity contribution in [3.63, 3.8) is 0 Å². The zero-order valence-electron chi connectivity index (χ0n) is 25.2. The van der Waals surface area contributed by atoms with Crippen LogP contribution in [-0.2, 0) is 16.2 Å². The van der Waals surface area contributed by atoms with E-state index in [4.69, 9.17) is 14.5 Å². The van der Waals surface area contributed by atoms with Crippen LogP contribution in [0, 0.1) is 5.41 Å². The van der Waals surface area contributed by atoms with E-state index in [9.17, 15) is 4.79 Å². The highest BCUT2D eigenvalue weighted by Gasteiger charge is 2.36. The Kier molecular flexibility index (Phi) is 12.1. The Hall–Kier alpha value is -1.67. The normalized spacial score (nSPS) is 16.4. The third-order valence-corrected chi connectivity index (χ3v) is 7.63. The minimum Gasteiger partial charge on any atom is -0.444 e. The average Bonchev–Trinajstić information content (AvgIpc) is 3.45. The lowest BCUT2D eigenvalue weighted by molar-refractivity contribution is 0.0202. The number of hydrogen-bond donors (Lipinski definition) is 0. The number of rotatable bonds is 14. The Morgan fingerprint density at radius 1 is 1.00 bits per heavy atom. The smallest absolute Gasteiger partial charge is 0.410 e. The van der Waals surface area contributed by atoms with Crippen molar-refractivity contribution in [1.82, 2.24) is 19.4 Å². The molecule has 0 unspecified atom stereocenters. The summed E-state index contributed by atoms with van der Waals surface area (Å²) in [5.41, 5.74) is 1.52. The molecule has 8 heteroatoms. The molecule has 3 rings (SSSR count). The lowest BCUT2D eigenvalue weighted by Gasteiger charge is -2.28. The van der Waals surface area contributed by atoms with Crippen LogP contribution < -0.4 is 0 Å². The Morgan fingerprint density at radius 3 is 2.28 bits per heavy atom. The van der Waals surface area contributed by atoms with Gasteiger partial charge in [-0.2, -0.15) is 0 Å². The first-order valence-corrected chi connectivity index (χ1v) is 15.8. The molecule has 7 nitrogen and oxygen atoms in total. The number of nitrogens with zero attached hydrogens (tertiary/aromatic N) is 4. The van der Waals surface area contributed by atoms with Crippen molar-refractivity contribution in [2.75, 3.05) is 13.2 Å². The average molecular weight is 608 g/mol. The van der Waals surface area contributed by atoms with Gasteiger partial charge in [0.2, 0.25) is 0 Å². The van der Waals surface area contributed by atoms with Gasteiger partial charge < -0.3 is 9.47 Å². The van der Waals surface area contributed by atoms with Gasteiger partial charge in [0.25, 0.3) is 0 Å². The molecule has 0 spiro atoms. The largest absolute Gasteiger partial charge is 0.444 e. The molecule has 3 heterocycles. The van der Waals surface area contributed by atoms with Crippen LogP contribution >= 0.6 is 15.9 Å². The van der Waals surface area contributed by atoms with E-state index in [-0.39, 0.29) is 12.1 Å². The van der Waals surface area contributed by atoms with Crippen LogP contribution in [0.15, 0.2) is 16.7 Å². The van der Waals surface area contributed by atoms with Gasteiger partial charge in [0, 0.05) is 23.8 Å². The number of carbonyl (C=O) groups excluding carboxylic acids is 1. The van der Waals surface area contributed by atoms with Gasteiger partial charge in [-0.1, -0.05) is 72.1 Å². The van der Waals surface area contributed by atoms with Crippen molar-refractivity contribution in [2.45, 2.75) is 137 Å². The number of imidazole rings is 1. The minimum atomic E-state index is -0.536. The molecule has 2 aromatic rings. The van der Waals surface area contributed by atoms with Crippen LogP contribution in [0.3, 0.4) is 0 Å². The van der Waals surface area contributed by atoms with Crippen LogP contribution in [0.2, 0.25) is 0 Å². The molecule has 0 aliphatic carbocycles. The van der Waals surface area contributed by atoms with Crippen LogP contribution in [0.25, 0.3) is 11.2 Å². The molecule has 39 heavy (non-hydrogen) atoms. The van der Waals surface area contributed by atoms with E-state index >= 15 is 0 Å². The van der Waals surface area contributed by atoms with E-state index in [1.165, 1.54) is 57.8 Å². The van der Waals surface area contributed by atoms with Crippen molar-refractivity contribution in [3.8, 4) is 0 Å². The number of aromatic nitrogens is 3. The molecule has 0 N–H and O–H groups in total. The van der Waals surface area contributed by atoms with Crippen molar-refractivity contribution in [3.05, 3.63) is 22.6 Å². The molecule has 1 amide bonds. The summed E-state index contributed by atoms with van der Waals surface area (Å²) < 4.78 is 14.7. The van der Waals surface area contributed by atoms with E-state index < -0.39 is 5.60 Å². The first-order valence-electron chi connectivity index (χ1n) is 15.0. The molecule has 0 saturated carbocycles. The maximum atomic E-state index is 12.9. The molecule has 1 aliphatic rings. The third-order valence-electron chi connectivity index (χ3n) is 7.20. The maximum Gasteiger partial charge on any atom is 0.410 e. The van der Waals surface area contributed by atoms with E-state index in [1.807, 2.05) is 36.3 Å². The number of likely N-dealkylation sites (tertiary alicyclic amines) is 1. The zero-order chi connectivity index (χ0) is 28.5. The predicted octanol–water partition coefficient (Wildman–Crippen LogP) is 9.19. The standard InChI is InChI=1S/C31H51BrN4O3/c1-30(2,3)18-14-12-10-8-7-9-11-13-15-20-38-23-36-27-25(21-24(32)22-33-27)34-28(36)26-17-16-19-35(26)29(37)39-31(4,5)6/h21-22,26H,7-20,23H2,1-6H3/t26-/m0/s1. The van der Waals surface area contributed by atoms with Crippen LogP contribution in [0.1, 0.15) is 130 Å². The molecule has 1 saturated heterocycles. The fraction of sp³-hybridized carbons (Fsp3) is 0.774. The number of pyridine rings is 1. The minimum absolute atomic E-state index is 0.148. The van der Waals surface area contributed by atoms with Gasteiger partial charge in [0.1, 0.15) is 23.7 Å². The number of ether oxygens (including phenoxy) is 2. The van der Waals surface area contributed by atoms with Gasteiger partial charge in [-0.25, -0.2) is 14.8 Å². The molecule has 0 radical (unpaired) electrons. The fourth-order valence-electron chi connectivity index (χ4n) is 5.21. The van der Waals surface area contributed by atoms with E-state index in [0.29, 0.717) is 25.3 Å². The first-order chi connectivity index (χ1) is 18.4. The lowest BCUT2D eigenvalue weighted by Crippen LogP contribution is -2.37. The van der Waals surface area contributed by atoms with Crippen LogP contribution in [0.5, 0.6) is 0 Å². The molecular formula is C31H51BrN4O3. The van der Waals surface area contributed by atoms with Crippen molar-refractivity contribution in [2.24, 2.45) is 5.41 Å². The summed E-state index contributed by atoms with van der Waals surface area (Å²) >= 11 is 3.51. The summed E-state index contributed by atoms with van der Waals surface area (Å²) in [6.45, 7) is 14.5. The topological polar surface area (TPSA) is 69.5 Å². The maximum absolute atomic E-state index is 12.9. The van der Waals surface area contributed by atoms with Crippen molar-refractivity contribution >= 4 is 33.2 Å². The fourth-order valence-corrected chi connectivity index (χ4v) is 5.53. The number of halogens is 1. The predicted molar refractivity (Wildman–Crippen MR) is 162 cm³/mol. The van der Waals surface area contributed by atoms with E-state index in [0.717, 1.165) is 40.7 Å². The highest BCUT2D eigenvalue weighted by atomic mass is 79.9. The van der Waals surface area contributed by atoms with Gasteiger partial charge in [-0.05, 0) is 73.9 Å². The zero-order valence-corrected chi connectivity index (χ0v) is 26.8. The molecule has 0 aromatic carbocycles. The first kappa shape index (κ1) is 31.9. The number of fused-ring (bicyclic) bond motifs is 1. The summed E-state index contributed by atoms with van der Waals surface area (Å²) in [6.07, 6.45) is 16.3. The van der Waals surface area contributed by atoms with Crippen molar-refractivity contribution < 1.29 is 14.3 Å². The van der Waals surface area contributed by atoms with Gasteiger partial charge >= 0.3 is 6.09 Å². The summed E-state index contributed by atoms with van der Waals surface area (Å²) in [5, 5.41) is 0. The second-order valence-corrected chi connectivity index (χ2v) is 14.2. The van der Waals surface area contributed by atoms with Gasteiger partial charge in [0.15, 0.2) is 5.65 Å². The number of carbonyl (C=O) groups is 1. The Labute approximate surface area is 244 Å². The molecule has 1 fully saturated rings. The summed E-state index contributed by atoms with van der Waals surface area (Å²) in [7, 11) is 0. The SMILES string of the molecule is CC(C)(C)CCCCCCCCCCCOCn1c([C@@H]2CCCN2C(=O)OC(C)(C)C)nc2cc(Br)cnc21. The Morgan fingerprint density at radius 2 is 1.64 bits per heavy atom. The van der Waals surface area contributed by atoms with Crippen LogP contribution in [-0.4, -0.2) is 44.3 Å². The number of unbranched alkanes of at least 4 members (excludes halogenated alkanes) is 8. The lowest BCUT2D eigenvalue weighted by atomic mass is 9.89. The molecule has 2 aromatic heterocycles. The van der Waals surface area contributed by atoms with Gasteiger partial charge in [-0.15, -0.1) is 0 Å². The van der Waals surface area contributed by atoms with Gasteiger partial charge in [0.05, 0.1) is 6.04 Å². The summed E-state index contributed by atoms with van der Waals surface area (Å²) in [6, 6.07) is 1.82. The number of hydrogen-bond acceptors (Lipinski definition) is 5. The molecule has 0 bridgehead atoms. The van der Waals surface area contributed by atoms with E-state index in [2.05, 4.69) is 41.7 Å². The molecule has 1 aliphatic heterocycles. The number of amides is 1. The highest BCUT2D eigenvalue weighted by Crippen LogP contribution is 2.34. The molecular weight excluding hydrogens is 556 g/mol. The quantitative estimate of drug-likeness (QED) is 0.200. The van der Waals surface area contributed by atoms with Crippen molar-refractivity contribution in [1.29, 1.82) is 0 Å². The second kappa shape index (κ2) is 14.8.